The quantitative estimate of drug-likeness (QED) is 0.402. The van der Waals surface area contributed by atoms with Crippen LogP contribution in [0.2, 0.25) is 0 Å². The van der Waals surface area contributed by atoms with Crippen molar-refractivity contribution >= 4 is 28.3 Å². The topological polar surface area (TPSA) is 66.9 Å². The van der Waals surface area contributed by atoms with E-state index in [-0.39, 0.29) is 5.91 Å². The molecule has 0 atom stereocenters. The Kier molecular flexibility index (Phi) is 7.00. The van der Waals surface area contributed by atoms with Gasteiger partial charge in [0.2, 0.25) is 0 Å². The van der Waals surface area contributed by atoms with E-state index in [0.29, 0.717) is 36.0 Å². The molecular formula is C29H30N4O3. The summed E-state index contributed by atoms with van der Waals surface area (Å²) in [4.78, 5) is 22.8. The highest BCUT2D eigenvalue weighted by atomic mass is 16.5. The molecule has 1 aliphatic heterocycles. The molecule has 1 saturated heterocycles. The van der Waals surface area contributed by atoms with Crippen LogP contribution < -0.4 is 14.8 Å². The van der Waals surface area contributed by atoms with Crippen LogP contribution in [-0.2, 0) is 6.54 Å². The summed E-state index contributed by atoms with van der Waals surface area (Å²) in [7, 11) is 3.23. The highest BCUT2D eigenvalue weighted by molar-refractivity contribution is 6.07. The molecule has 5 rings (SSSR count). The molecular weight excluding hydrogens is 452 g/mol. The Balaban J connectivity index is 1.37. The Morgan fingerprint density at radius 3 is 2.39 bits per heavy atom. The number of ether oxygens (including phenoxy) is 2. The average Bonchev–Trinajstić information content (AvgIpc) is 2.93. The number of para-hydroxylation sites is 1. The number of anilines is 2. The van der Waals surface area contributed by atoms with E-state index in [1.54, 1.807) is 14.2 Å². The van der Waals surface area contributed by atoms with Gasteiger partial charge in [-0.1, -0.05) is 48.5 Å². The summed E-state index contributed by atoms with van der Waals surface area (Å²) < 4.78 is 10.8. The van der Waals surface area contributed by atoms with Crippen LogP contribution in [0.5, 0.6) is 11.5 Å². The van der Waals surface area contributed by atoms with Crippen molar-refractivity contribution in [3.8, 4) is 11.5 Å². The highest BCUT2D eigenvalue weighted by Gasteiger charge is 2.24. The fraction of sp³-hybridized carbons (Fsp3) is 0.241. The Morgan fingerprint density at radius 1 is 0.889 bits per heavy atom. The van der Waals surface area contributed by atoms with Gasteiger partial charge in [0.1, 0.15) is 17.3 Å². The van der Waals surface area contributed by atoms with Gasteiger partial charge in [0.15, 0.2) is 0 Å². The molecule has 0 bridgehead atoms. The Labute approximate surface area is 211 Å². The SMILES string of the molecule is COc1ccc(Nc2cc(C(=O)N3CCN(Cc4ccccc4)CC3)c3ccccc3n2)c(OC)c1. The zero-order valence-electron chi connectivity index (χ0n) is 20.6. The molecule has 0 radical (unpaired) electrons. The number of nitrogens with zero attached hydrogens (tertiary/aromatic N) is 3. The van der Waals surface area contributed by atoms with Gasteiger partial charge in [0.05, 0.1) is 31.0 Å². The normalized spacial score (nSPS) is 14.0. The first kappa shape index (κ1) is 23.6. The number of rotatable bonds is 7. The largest absolute Gasteiger partial charge is 0.497 e. The van der Waals surface area contributed by atoms with Gasteiger partial charge in [-0.05, 0) is 29.8 Å². The van der Waals surface area contributed by atoms with Gasteiger partial charge >= 0.3 is 0 Å². The number of hydrogen-bond donors (Lipinski definition) is 1. The minimum atomic E-state index is 0.0257. The lowest BCUT2D eigenvalue weighted by atomic mass is 10.1. The van der Waals surface area contributed by atoms with Crippen molar-refractivity contribution < 1.29 is 14.3 Å². The van der Waals surface area contributed by atoms with Gasteiger partial charge in [0, 0.05) is 44.2 Å². The summed E-state index contributed by atoms with van der Waals surface area (Å²) in [6.07, 6.45) is 0. The van der Waals surface area contributed by atoms with Crippen LogP contribution in [-0.4, -0.2) is 61.1 Å². The molecule has 0 unspecified atom stereocenters. The number of amides is 1. The molecule has 3 aromatic carbocycles. The predicted molar refractivity (Wildman–Crippen MR) is 142 cm³/mol. The fourth-order valence-electron chi connectivity index (χ4n) is 4.58. The van der Waals surface area contributed by atoms with Crippen molar-refractivity contribution in [3.05, 3.63) is 90.0 Å². The van der Waals surface area contributed by atoms with Crippen molar-refractivity contribution in [1.29, 1.82) is 0 Å². The fourth-order valence-corrected chi connectivity index (χ4v) is 4.58. The average molecular weight is 483 g/mol. The van der Waals surface area contributed by atoms with Crippen LogP contribution in [0.15, 0.2) is 78.9 Å². The summed E-state index contributed by atoms with van der Waals surface area (Å²) in [5, 5.41) is 4.18. The molecule has 1 aromatic heterocycles. The van der Waals surface area contributed by atoms with Gasteiger partial charge in [-0.25, -0.2) is 4.98 Å². The summed E-state index contributed by atoms with van der Waals surface area (Å²) in [5.41, 5.74) is 3.45. The number of methoxy groups -OCH3 is 2. The van der Waals surface area contributed by atoms with Gasteiger partial charge < -0.3 is 19.7 Å². The Morgan fingerprint density at radius 2 is 1.64 bits per heavy atom. The molecule has 7 heteroatoms. The number of aromatic nitrogens is 1. The van der Waals surface area contributed by atoms with Gasteiger partial charge in [-0.2, -0.15) is 0 Å². The summed E-state index contributed by atoms with van der Waals surface area (Å²) >= 11 is 0. The van der Waals surface area contributed by atoms with Crippen molar-refractivity contribution in [2.75, 3.05) is 45.7 Å². The van der Waals surface area contributed by atoms with E-state index in [4.69, 9.17) is 14.5 Å². The first-order valence-corrected chi connectivity index (χ1v) is 12.1. The monoisotopic (exact) mass is 482 g/mol. The number of piperazine rings is 1. The third kappa shape index (κ3) is 5.11. The molecule has 0 spiro atoms. The number of pyridine rings is 1. The van der Waals surface area contributed by atoms with Crippen LogP contribution in [0.3, 0.4) is 0 Å². The summed E-state index contributed by atoms with van der Waals surface area (Å²) in [6, 6.07) is 25.6. The molecule has 1 N–H and O–H groups in total. The van der Waals surface area contributed by atoms with E-state index in [1.807, 2.05) is 59.5 Å². The molecule has 0 saturated carbocycles. The summed E-state index contributed by atoms with van der Waals surface area (Å²) in [6.45, 7) is 3.98. The standard InChI is InChI=1S/C29H30N4O3/c1-35-22-12-13-26(27(18-22)36-2)31-28-19-24(23-10-6-7-11-25(23)30-28)29(34)33-16-14-32(15-17-33)20-21-8-4-3-5-9-21/h3-13,18-19H,14-17,20H2,1-2H3,(H,30,31). The van der Waals surface area contributed by atoms with Crippen LogP contribution in [0.25, 0.3) is 10.9 Å². The van der Waals surface area contributed by atoms with E-state index < -0.39 is 0 Å². The summed E-state index contributed by atoms with van der Waals surface area (Å²) in [5.74, 6) is 1.94. The second kappa shape index (κ2) is 10.7. The lowest BCUT2D eigenvalue weighted by Gasteiger charge is -2.35. The molecule has 2 heterocycles. The maximum atomic E-state index is 13.7. The maximum Gasteiger partial charge on any atom is 0.254 e. The van der Waals surface area contributed by atoms with Crippen molar-refractivity contribution in [2.24, 2.45) is 0 Å². The van der Waals surface area contributed by atoms with E-state index in [0.717, 1.165) is 36.2 Å². The third-order valence-corrected chi connectivity index (χ3v) is 6.53. The van der Waals surface area contributed by atoms with Crippen LogP contribution in [0.4, 0.5) is 11.5 Å². The smallest absolute Gasteiger partial charge is 0.254 e. The van der Waals surface area contributed by atoms with E-state index in [9.17, 15) is 4.79 Å². The van der Waals surface area contributed by atoms with Crippen LogP contribution in [0, 0.1) is 0 Å². The zero-order chi connectivity index (χ0) is 24.9. The number of hydrogen-bond acceptors (Lipinski definition) is 6. The number of carbonyl (C=O) groups excluding carboxylic acids is 1. The van der Waals surface area contributed by atoms with Crippen molar-refractivity contribution in [3.63, 3.8) is 0 Å². The molecule has 0 aliphatic carbocycles. The van der Waals surface area contributed by atoms with Gasteiger partial charge in [-0.15, -0.1) is 0 Å². The molecule has 7 nitrogen and oxygen atoms in total. The second-order valence-electron chi connectivity index (χ2n) is 8.82. The third-order valence-electron chi connectivity index (χ3n) is 6.53. The number of nitrogens with one attached hydrogen (secondary N) is 1. The second-order valence-corrected chi connectivity index (χ2v) is 8.82. The molecule has 1 aliphatic rings. The Hall–Kier alpha value is -4.10. The lowest BCUT2D eigenvalue weighted by Crippen LogP contribution is -2.48. The minimum Gasteiger partial charge on any atom is -0.497 e. The van der Waals surface area contributed by atoms with Gasteiger partial charge in [0.25, 0.3) is 5.91 Å². The lowest BCUT2D eigenvalue weighted by molar-refractivity contribution is 0.0630. The number of benzene rings is 3. The molecule has 36 heavy (non-hydrogen) atoms. The zero-order valence-corrected chi connectivity index (χ0v) is 20.6. The minimum absolute atomic E-state index is 0.0257. The van der Waals surface area contributed by atoms with Crippen molar-refractivity contribution in [1.82, 2.24) is 14.8 Å². The maximum absolute atomic E-state index is 13.7. The Bertz CT molecular complexity index is 1350. The molecule has 1 fully saturated rings. The first-order valence-electron chi connectivity index (χ1n) is 12.1. The number of fused-ring (bicyclic) bond motifs is 1. The molecule has 1 amide bonds. The number of carbonyl (C=O) groups is 1. The first-order chi connectivity index (χ1) is 17.6. The van der Waals surface area contributed by atoms with E-state index in [1.165, 1.54) is 5.56 Å². The molecule has 184 valence electrons. The van der Waals surface area contributed by atoms with E-state index >= 15 is 0 Å². The van der Waals surface area contributed by atoms with Crippen LogP contribution in [0.1, 0.15) is 15.9 Å². The van der Waals surface area contributed by atoms with E-state index in [2.05, 4.69) is 34.5 Å². The molecule has 4 aromatic rings. The predicted octanol–water partition coefficient (Wildman–Crippen LogP) is 4.95. The highest BCUT2D eigenvalue weighted by Crippen LogP contribution is 2.32. The van der Waals surface area contributed by atoms with Gasteiger partial charge in [-0.3, -0.25) is 9.69 Å². The van der Waals surface area contributed by atoms with Crippen LogP contribution >= 0.6 is 0 Å². The van der Waals surface area contributed by atoms with Crippen molar-refractivity contribution in [2.45, 2.75) is 6.54 Å².